The molecule has 1 aliphatic rings. The van der Waals surface area contributed by atoms with Crippen LogP contribution >= 0.6 is 0 Å². The topological polar surface area (TPSA) is 94.2 Å². The summed E-state index contributed by atoms with van der Waals surface area (Å²) < 4.78 is 41.9. The number of amides is 1. The Morgan fingerprint density at radius 2 is 2.00 bits per heavy atom. The van der Waals surface area contributed by atoms with Crippen molar-refractivity contribution >= 4 is 21.6 Å². The first-order valence-electron chi connectivity index (χ1n) is 8.49. The Hall–Kier alpha value is -1.68. The number of sulfonamides is 1. The van der Waals surface area contributed by atoms with Crippen molar-refractivity contribution in [3.8, 4) is 0 Å². The van der Waals surface area contributed by atoms with Gasteiger partial charge in [0.25, 0.3) is 5.91 Å². The van der Waals surface area contributed by atoms with Crippen molar-refractivity contribution in [1.29, 1.82) is 0 Å². The van der Waals surface area contributed by atoms with Crippen molar-refractivity contribution < 1.29 is 27.4 Å². The zero-order chi connectivity index (χ0) is 19.0. The number of anilines is 1. The maximum atomic E-state index is 12.5. The van der Waals surface area contributed by atoms with Crippen LogP contribution in [-0.4, -0.2) is 77.7 Å². The summed E-state index contributed by atoms with van der Waals surface area (Å²) >= 11 is 0. The summed E-state index contributed by atoms with van der Waals surface area (Å²) in [7, 11) is -1.96. The van der Waals surface area contributed by atoms with Crippen LogP contribution in [0.3, 0.4) is 0 Å². The van der Waals surface area contributed by atoms with E-state index in [0.29, 0.717) is 44.2 Å². The Morgan fingerprint density at radius 1 is 1.27 bits per heavy atom. The smallest absolute Gasteiger partial charge is 0.254 e. The van der Waals surface area contributed by atoms with Gasteiger partial charge in [-0.15, -0.1) is 0 Å². The summed E-state index contributed by atoms with van der Waals surface area (Å²) in [6, 6.07) is 6.44. The Morgan fingerprint density at radius 3 is 2.65 bits per heavy atom. The molecule has 0 saturated carbocycles. The second-order valence-corrected chi connectivity index (χ2v) is 7.87. The van der Waals surface area contributed by atoms with Crippen LogP contribution < -0.4 is 4.72 Å². The molecule has 0 aromatic heterocycles. The van der Waals surface area contributed by atoms with E-state index in [4.69, 9.17) is 14.2 Å². The predicted octanol–water partition coefficient (Wildman–Crippen LogP) is 0.952. The van der Waals surface area contributed by atoms with Crippen molar-refractivity contribution in [2.24, 2.45) is 0 Å². The second-order valence-electron chi connectivity index (χ2n) is 6.03. The van der Waals surface area contributed by atoms with Gasteiger partial charge >= 0.3 is 0 Å². The molecule has 146 valence electrons. The second kappa shape index (κ2) is 9.86. The fourth-order valence-electron chi connectivity index (χ4n) is 2.52. The average Bonchev–Trinajstić information content (AvgIpc) is 2.62. The van der Waals surface area contributed by atoms with Crippen LogP contribution in [0.25, 0.3) is 0 Å². The molecule has 2 rings (SSSR count). The minimum atomic E-state index is -3.51. The van der Waals surface area contributed by atoms with Crippen molar-refractivity contribution in [2.45, 2.75) is 13.0 Å². The third-order valence-corrected chi connectivity index (χ3v) is 5.21. The summed E-state index contributed by atoms with van der Waals surface area (Å²) in [6.45, 7) is 4.40. The number of ether oxygens (including phenoxy) is 3. The summed E-state index contributed by atoms with van der Waals surface area (Å²) in [5.74, 6) is -0.232. The largest absolute Gasteiger partial charge is 0.382 e. The molecule has 0 aliphatic carbocycles. The van der Waals surface area contributed by atoms with Crippen LogP contribution in [0.4, 0.5) is 5.69 Å². The van der Waals surface area contributed by atoms with Crippen molar-refractivity contribution in [2.75, 3.05) is 57.2 Å². The van der Waals surface area contributed by atoms with Crippen LogP contribution in [0.2, 0.25) is 0 Å². The van der Waals surface area contributed by atoms with E-state index in [2.05, 4.69) is 4.72 Å². The lowest BCUT2D eigenvalue weighted by Gasteiger charge is -2.33. The van der Waals surface area contributed by atoms with E-state index in [1.165, 1.54) is 0 Å². The van der Waals surface area contributed by atoms with E-state index in [1.807, 2.05) is 6.92 Å². The molecular formula is C17H26N2O6S. The van der Waals surface area contributed by atoms with Gasteiger partial charge in [0.05, 0.1) is 44.8 Å². The number of benzene rings is 1. The number of hydrogen-bond donors (Lipinski definition) is 1. The third-order valence-electron chi connectivity index (χ3n) is 3.96. The minimum Gasteiger partial charge on any atom is -0.382 e. The van der Waals surface area contributed by atoms with Crippen LogP contribution in [0.5, 0.6) is 0 Å². The van der Waals surface area contributed by atoms with Crippen molar-refractivity contribution in [1.82, 2.24) is 4.90 Å². The lowest BCUT2D eigenvalue weighted by molar-refractivity contribution is 0.00359. The molecule has 1 amide bonds. The molecule has 0 spiro atoms. The van der Waals surface area contributed by atoms with E-state index >= 15 is 0 Å². The molecule has 1 fully saturated rings. The quantitative estimate of drug-likeness (QED) is 0.635. The van der Waals surface area contributed by atoms with Crippen LogP contribution in [0.15, 0.2) is 24.3 Å². The molecule has 0 radical (unpaired) electrons. The average molecular weight is 386 g/mol. The number of hydrogen-bond acceptors (Lipinski definition) is 6. The molecule has 1 atom stereocenters. The zero-order valence-corrected chi connectivity index (χ0v) is 16.0. The first kappa shape index (κ1) is 20.6. The van der Waals surface area contributed by atoms with E-state index in [0.717, 1.165) is 0 Å². The van der Waals surface area contributed by atoms with Gasteiger partial charge in [0.15, 0.2) is 0 Å². The maximum absolute atomic E-state index is 12.5. The lowest BCUT2D eigenvalue weighted by atomic mass is 10.1. The van der Waals surface area contributed by atoms with Crippen LogP contribution in [0, 0.1) is 0 Å². The number of carbonyl (C=O) groups excluding carboxylic acids is 1. The fourth-order valence-corrected chi connectivity index (χ4v) is 3.45. The summed E-state index contributed by atoms with van der Waals surface area (Å²) in [5.41, 5.74) is 0.929. The number of nitrogens with zero attached hydrogens (tertiary/aromatic N) is 1. The predicted molar refractivity (Wildman–Crippen MR) is 97.9 cm³/mol. The number of nitrogens with one attached hydrogen (secondary N) is 1. The highest BCUT2D eigenvalue weighted by molar-refractivity contribution is 7.92. The number of rotatable bonds is 9. The first-order chi connectivity index (χ1) is 12.4. The van der Waals surface area contributed by atoms with Crippen LogP contribution in [0.1, 0.15) is 17.3 Å². The molecule has 1 aromatic carbocycles. The normalized spacial score (nSPS) is 17.9. The minimum absolute atomic E-state index is 0.0209. The highest BCUT2D eigenvalue weighted by Gasteiger charge is 2.24. The van der Waals surface area contributed by atoms with Gasteiger partial charge in [0.1, 0.15) is 0 Å². The molecule has 9 heteroatoms. The number of methoxy groups -OCH3 is 1. The van der Waals surface area contributed by atoms with E-state index in [9.17, 15) is 13.2 Å². The molecule has 1 aliphatic heterocycles. The van der Waals surface area contributed by atoms with Gasteiger partial charge in [-0.3, -0.25) is 9.52 Å². The first-order valence-corrected chi connectivity index (χ1v) is 10.1. The maximum Gasteiger partial charge on any atom is 0.254 e. The highest BCUT2D eigenvalue weighted by atomic mass is 32.2. The standard InChI is InChI=1S/C17H26N2O6S/c1-14-13-25-8-7-19(14)17(20)15-3-5-16(6-4-15)18-26(21,22)12-11-24-10-9-23-2/h3-6,14,18H,7-13H2,1-2H3. The lowest BCUT2D eigenvalue weighted by Crippen LogP contribution is -2.47. The molecule has 1 heterocycles. The van der Waals surface area contributed by atoms with Crippen molar-refractivity contribution in [3.63, 3.8) is 0 Å². The number of carbonyl (C=O) groups is 1. The zero-order valence-electron chi connectivity index (χ0n) is 15.1. The van der Waals surface area contributed by atoms with Crippen LogP contribution in [-0.2, 0) is 24.2 Å². The van der Waals surface area contributed by atoms with E-state index in [-0.39, 0.29) is 24.3 Å². The molecular weight excluding hydrogens is 360 g/mol. The molecule has 8 nitrogen and oxygen atoms in total. The molecule has 0 bridgehead atoms. The van der Waals surface area contributed by atoms with Gasteiger partial charge in [0, 0.05) is 24.9 Å². The summed E-state index contributed by atoms with van der Waals surface area (Å²) in [6.07, 6.45) is 0. The highest BCUT2D eigenvalue weighted by Crippen LogP contribution is 2.16. The molecule has 1 N–H and O–H groups in total. The fraction of sp³-hybridized carbons (Fsp3) is 0.588. The van der Waals surface area contributed by atoms with Gasteiger partial charge < -0.3 is 19.1 Å². The number of morpholine rings is 1. The van der Waals surface area contributed by atoms with Gasteiger partial charge in [-0.05, 0) is 31.2 Å². The molecule has 26 heavy (non-hydrogen) atoms. The van der Waals surface area contributed by atoms with E-state index in [1.54, 1.807) is 36.3 Å². The molecule has 1 aromatic rings. The Balaban J connectivity index is 1.89. The SMILES string of the molecule is COCCOCCS(=O)(=O)Nc1ccc(C(=O)N2CCOCC2C)cc1. The van der Waals surface area contributed by atoms with Crippen molar-refractivity contribution in [3.05, 3.63) is 29.8 Å². The third kappa shape index (κ3) is 6.24. The van der Waals surface area contributed by atoms with Gasteiger partial charge in [0.2, 0.25) is 10.0 Å². The Kier molecular flexibility index (Phi) is 7.83. The Labute approximate surface area is 154 Å². The summed E-state index contributed by atoms with van der Waals surface area (Å²) in [4.78, 5) is 14.3. The monoisotopic (exact) mass is 386 g/mol. The van der Waals surface area contributed by atoms with E-state index < -0.39 is 10.0 Å². The summed E-state index contributed by atoms with van der Waals surface area (Å²) in [5, 5.41) is 0. The molecule has 1 unspecified atom stereocenters. The van der Waals surface area contributed by atoms with Gasteiger partial charge in [-0.1, -0.05) is 0 Å². The Bertz CT molecular complexity index is 677. The van der Waals surface area contributed by atoms with Gasteiger partial charge in [-0.2, -0.15) is 0 Å². The van der Waals surface area contributed by atoms with Gasteiger partial charge in [-0.25, -0.2) is 8.42 Å². The molecule has 1 saturated heterocycles.